The maximum atomic E-state index is 13.8. The van der Waals surface area contributed by atoms with Crippen molar-refractivity contribution in [2.24, 2.45) is 0 Å². The first-order chi connectivity index (χ1) is 18.0. The highest BCUT2D eigenvalue weighted by atomic mass is 16.5. The van der Waals surface area contributed by atoms with E-state index in [0.29, 0.717) is 54.9 Å². The van der Waals surface area contributed by atoms with Crippen molar-refractivity contribution in [1.82, 2.24) is 5.32 Å². The second-order valence-corrected chi connectivity index (χ2v) is 9.92. The number of ketones is 1. The molecule has 7 nitrogen and oxygen atoms in total. The number of para-hydroxylation sites is 1. The molecule has 2 heterocycles. The Bertz CT molecular complexity index is 1250. The minimum absolute atomic E-state index is 0.0290. The molecule has 2 aliphatic heterocycles. The summed E-state index contributed by atoms with van der Waals surface area (Å²) in [5.41, 5.74) is 4.13. The fraction of sp³-hybridized carbons (Fsp3) is 0.400. The Morgan fingerprint density at radius 2 is 1.92 bits per heavy atom. The van der Waals surface area contributed by atoms with Crippen LogP contribution < -0.4 is 10.1 Å². The summed E-state index contributed by atoms with van der Waals surface area (Å²) in [6.45, 7) is 3.08. The van der Waals surface area contributed by atoms with E-state index < -0.39 is 11.9 Å². The van der Waals surface area contributed by atoms with E-state index >= 15 is 0 Å². The van der Waals surface area contributed by atoms with Gasteiger partial charge in [0.1, 0.15) is 17.6 Å². The smallest absolute Gasteiger partial charge is 0.337 e. The fourth-order valence-electron chi connectivity index (χ4n) is 5.78. The largest absolute Gasteiger partial charge is 0.508 e. The molecule has 7 heteroatoms. The second kappa shape index (κ2) is 10.8. The molecule has 1 fully saturated rings. The summed E-state index contributed by atoms with van der Waals surface area (Å²) in [4.78, 5) is 27.4. The van der Waals surface area contributed by atoms with Gasteiger partial charge in [-0.25, -0.2) is 4.79 Å². The Labute approximate surface area is 217 Å². The molecule has 0 radical (unpaired) electrons. The third kappa shape index (κ3) is 5.14. The van der Waals surface area contributed by atoms with Crippen LogP contribution in [-0.4, -0.2) is 43.3 Å². The van der Waals surface area contributed by atoms with Gasteiger partial charge in [-0.2, -0.15) is 0 Å². The number of dihydropyridines is 1. The lowest BCUT2D eigenvalue weighted by molar-refractivity contribution is -0.145. The number of hydrogen-bond donors (Lipinski definition) is 2. The zero-order valence-corrected chi connectivity index (χ0v) is 21.3. The van der Waals surface area contributed by atoms with Crippen LogP contribution in [0.3, 0.4) is 0 Å². The fourth-order valence-corrected chi connectivity index (χ4v) is 5.78. The minimum Gasteiger partial charge on any atom is -0.508 e. The highest BCUT2D eigenvalue weighted by molar-refractivity contribution is 6.04. The lowest BCUT2D eigenvalue weighted by atomic mass is 9.71. The molecule has 1 aliphatic carbocycles. The maximum Gasteiger partial charge on any atom is 0.337 e. The van der Waals surface area contributed by atoms with Gasteiger partial charge >= 0.3 is 5.97 Å². The average Bonchev–Trinajstić information content (AvgIpc) is 3.16. The van der Waals surface area contributed by atoms with Crippen molar-refractivity contribution in [3.05, 3.63) is 82.2 Å². The van der Waals surface area contributed by atoms with Gasteiger partial charge in [-0.3, -0.25) is 4.79 Å². The summed E-state index contributed by atoms with van der Waals surface area (Å²) in [5.74, 6) is -0.292. The number of carbonyl (C=O) groups excluding carboxylic acids is 2. The Balaban J connectivity index is 1.53. The summed E-state index contributed by atoms with van der Waals surface area (Å²) in [6, 6.07) is 14.6. The highest BCUT2D eigenvalue weighted by Crippen LogP contribution is 2.47. The molecule has 5 rings (SSSR count). The number of allylic oxidation sites excluding steroid dienone is 3. The number of Topliss-reactive ketones (excluding diaryl/α,β-unsaturated/α-hetero) is 1. The van der Waals surface area contributed by atoms with Crippen LogP contribution in [0, 0.1) is 0 Å². The van der Waals surface area contributed by atoms with Crippen LogP contribution in [0.15, 0.2) is 71.1 Å². The van der Waals surface area contributed by atoms with Crippen LogP contribution in [0.1, 0.15) is 62.0 Å². The number of aromatic hydroxyl groups is 1. The summed E-state index contributed by atoms with van der Waals surface area (Å²) in [5, 5.41) is 13.7. The van der Waals surface area contributed by atoms with Gasteiger partial charge < -0.3 is 24.6 Å². The van der Waals surface area contributed by atoms with Gasteiger partial charge in [0, 0.05) is 48.3 Å². The van der Waals surface area contributed by atoms with Gasteiger partial charge in [0.25, 0.3) is 0 Å². The van der Waals surface area contributed by atoms with Crippen LogP contribution in [0.5, 0.6) is 11.5 Å². The molecule has 0 aromatic heterocycles. The number of carbonyl (C=O) groups is 2. The van der Waals surface area contributed by atoms with Crippen molar-refractivity contribution in [2.75, 3.05) is 20.3 Å². The molecule has 2 N–H and O–H groups in total. The molecule has 2 aromatic carbocycles. The van der Waals surface area contributed by atoms with Gasteiger partial charge in [-0.05, 0) is 55.5 Å². The number of phenols is 1. The molecule has 3 atom stereocenters. The SMILES string of the molecule is COc1ccccc1[C@H]1CC(=O)C2=C(C1)NC(C)=C(C(=O)OC1CCCOCC1)[C@H]2c1cccc(O)c1. The number of nitrogens with one attached hydrogen (secondary N) is 1. The number of esters is 1. The summed E-state index contributed by atoms with van der Waals surface area (Å²) in [7, 11) is 1.64. The molecule has 0 spiro atoms. The van der Waals surface area contributed by atoms with Crippen LogP contribution in [0.4, 0.5) is 0 Å². The van der Waals surface area contributed by atoms with Crippen molar-refractivity contribution in [1.29, 1.82) is 0 Å². The third-order valence-corrected chi connectivity index (χ3v) is 7.50. The van der Waals surface area contributed by atoms with E-state index in [-0.39, 0.29) is 23.6 Å². The standard InChI is InChI=1S/C30H33NO6/c1-18-27(30(34)37-22-9-6-13-36-14-12-22)28(19-7-5-8-21(32)15-19)29-24(31-18)16-20(17-25(29)33)23-10-3-4-11-26(23)35-2/h3-5,7-8,10-11,15,20,22,28,31-32H,6,9,12-14,16-17H2,1-2H3/t20-,22?,28-/m1/s1. The lowest BCUT2D eigenvalue weighted by Crippen LogP contribution is -2.36. The van der Waals surface area contributed by atoms with E-state index in [0.717, 1.165) is 29.9 Å². The van der Waals surface area contributed by atoms with Crippen LogP contribution >= 0.6 is 0 Å². The average molecular weight is 504 g/mol. The van der Waals surface area contributed by atoms with Crippen molar-refractivity contribution in [3.63, 3.8) is 0 Å². The molecule has 0 bridgehead atoms. The number of methoxy groups -OCH3 is 1. The predicted molar refractivity (Wildman–Crippen MR) is 138 cm³/mol. The number of hydrogen-bond acceptors (Lipinski definition) is 7. The van der Waals surface area contributed by atoms with Crippen LogP contribution in [0.2, 0.25) is 0 Å². The maximum absolute atomic E-state index is 13.8. The molecule has 37 heavy (non-hydrogen) atoms. The molecular weight excluding hydrogens is 470 g/mol. The van der Waals surface area contributed by atoms with E-state index in [9.17, 15) is 14.7 Å². The quantitative estimate of drug-likeness (QED) is 0.562. The summed E-state index contributed by atoms with van der Waals surface area (Å²) >= 11 is 0. The van der Waals surface area contributed by atoms with E-state index in [1.54, 1.807) is 25.3 Å². The summed E-state index contributed by atoms with van der Waals surface area (Å²) < 4.78 is 17.1. The van der Waals surface area contributed by atoms with Crippen molar-refractivity contribution >= 4 is 11.8 Å². The van der Waals surface area contributed by atoms with Crippen molar-refractivity contribution < 1.29 is 28.9 Å². The van der Waals surface area contributed by atoms with Crippen LogP contribution in [0.25, 0.3) is 0 Å². The topological polar surface area (TPSA) is 94.1 Å². The Hall–Kier alpha value is -3.58. The summed E-state index contributed by atoms with van der Waals surface area (Å²) in [6.07, 6.45) is 2.91. The zero-order chi connectivity index (χ0) is 25.9. The first-order valence-electron chi connectivity index (χ1n) is 12.9. The number of rotatable bonds is 5. The molecular formula is C30H33NO6. The van der Waals surface area contributed by atoms with Crippen molar-refractivity contribution in [3.8, 4) is 11.5 Å². The van der Waals surface area contributed by atoms with Gasteiger partial charge in [0.2, 0.25) is 0 Å². The van der Waals surface area contributed by atoms with Gasteiger partial charge in [0.15, 0.2) is 5.78 Å². The van der Waals surface area contributed by atoms with E-state index in [2.05, 4.69) is 5.32 Å². The van der Waals surface area contributed by atoms with E-state index in [1.165, 1.54) is 0 Å². The molecule has 1 unspecified atom stereocenters. The molecule has 1 saturated heterocycles. The zero-order valence-electron chi connectivity index (χ0n) is 21.3. The Morgan fingerprint density at radius 1 is 1.08 bits per heavy atom. The Morgan fingerprint density at radius 3 is 2.73 bits per heavy atom. The van der Waals surface area contributed by atoms with Gasteiger partial charge in [-0.15, -0.1) is 0 Å². The number of ether oxygens (including phenoxy) is 3. The minimum atomic E-state index is -0.621. The number of phenolic OH excluding ortho intramolecular Hbond substituents is 1. The molecule has 2 aromatic rings. The number of benzene rings is 2. The first-order valence-corrected chi connectivity index (χ1v) is 12.9. The van der Waals surface area contributed by atoms with Crippen LogP contribution in [-0.2, 0) is 19.1 Å². The van der Waals surface area contributed by atoms with Gasteiger partial charge in [-0.1, -0.05) is 30.3 Å². The third-order valence-electron chi connectivity index (χ3n) is 7.50. The normalized spacial score (nSPS) is 24.2. The molecule has 0 saturated carbocycles. The van der Waals surface area contributed by atoms with Gasteiger partial charge in [0.05, 0.1) is 19.3 Å². The van der Waals surface area contributed by atoms with Crippen molar-refractivity contribution in [2.45, 2.75) is 57.0 Å². The highest BCUT2D eigenvalue weighted by Gasteiger charge is 2.42. The second-order valence-electron chi connectivity index (χ2n) is 9.92. The molecule has 0 amide bonds. The van der Waals surface area contributed by atoms with E-state index in [4.69, 9.17) is 14.2 Å². The Kier molecular flexibility index (Phi) is 7.33. The van der Waals surface area contributed by atoms with E-state index in [1.807, 2.05) is 37.3 Å². The first kappa shape index (κ1) is 25.1. The lowest BCUT2D eigenvalue weighted by Gasteiger charge is -2.37. The monoisotopic (exact) mass is 503 g/mol. The molecule has 194 valence electrons. The molecule has 3 aliphatic rings. The predicted octanol–water partition coefficient (Wildman–Crippen LogP) is 4.87.